The van der Waals surface area contributed by atoms with Crippen LogP contribution in [0.15, 0.2) is 41.3 Å². The number of nitrogens with one attached hydrogen (secondary N) is 2. The van der Waals surface area contributed by atoms with Crippen molar-refractivity contribution in [2.45, 2.75) is 43.6 Å². The van der Waals surface area contributed by atoms with Gasteiger partial charge in [0.15, 0.2) is 0 Å². The Bertz CT molecular complexity index is 1100. The Morgan fingerprint density at radius 1 is 1.05 bits per heavy atom. The predicted molar refractivity (Wildman–Crippen MR) is 157 cm³/mol. The van der Waals surface area contributed by atoms with Crippen molar-refractivity contribution < 1.29 is 14.6 Å². The molecule has 1 aliphatic carbocycles. The van der Waals surface area contributed by atoms with Crippen LogP contribution < -0.4 is 19.8 Å². The Labute approximate surface area is 228 Å². The number of carbonyl (C=O) groups is 1. The van der Waals surface area contributed by atoms with E-state index in [1.807, 2.05) is 18.2 Å². The summed E-state index contributed by atoms with van der Waals surface area (Å²) in [4.78, 5) is 19.6. The highest BCUT2D eigenvalue weighted by atomic mass is 32.2. The first-order valence-electron chi connectivity index (χ1n) is 13.2. The third kappa shape index (κ3) is 6.33. The summed E-state index contributed by atoms with van der Waals surface area (Å²) in [5.74, 6) is 0.523. The average Bonchev–Trinajstić information content (AvgIpc) is 3.67. The molecule has 1 saturated carbocycles. The molecule has 2 aromatic rings. The lowest BCUT2D eigenvalue weighted by molar-refractivity contribution is 0.0530. The van der Waals surface area contributed by atoms with Gasteiger partial charge in [0.05, 0.1) is 36.3 Å². The Morgan fingerprint density at radius 2 is 1.81 bits per heavy atom. The van der Waals surface area contributed by atoms with Crippen LogP contribution in [-0.2, 0) is 4.74 Å². The molecule has 0 unspecified atom stereocenters. The molecule has 2 saturated heterocycles. The molecule has 2 aliphatic heterocycles. The fraction of sp³-hybridized carbons (Fsp3) is 0.536. The largest absolute Gasteiger partial charge is 0.395 e. The normalized spacial score (nSPS) is 20.7. The van der Waals surface area contributed by atoms with Crippen molar-refractivity contribution in [1.29, 1.82) is 0 Å². The summed E-state index contributed by atoms with van der Waals surface area (Å²) in [6.45, 7) is 6.59. The number of aliphatic hydroxyl groups excluding tert-OH is 1. The molecule has 1 amide bonds. The Kier molecular flexibility index (Phi) is 8.43. The van der Waals surface area contributed by atoms with Crippen LogP contribution in [0.1, 0.15) is 43.0 Å². The number of carbonyl (C=O) groups excluding carboxylic acids is 1. The Hall–Kier alpha value is -2.07. The first-order chi connectivity index (χ1) is 18.0. The first-order valence-corrected chi connectivity index (χ1v) is 15.4. The smallest absolute Gasteiger partial charge is 0.257 e. The molecule has 0 aromatic heterocycles. The summed E-state index contributed by atoms with van der Waals surface area (Å²) in [7, 11) is 0. The number of hydrogen-bond acceptors (Lipinski definition) is 8. The summed E-state index contributed by atoms with van der Waals surface area (Å²) in [5, 5.41) is 12.3. The lowest BCUT2D eigenvalue weighted by Crippen LogP contribution is -2.41. The van der Waals surface area contributed by atoms with Crippen LogP contribution in [0.25, 0.3) is 0 Å². The Balaban J connectivity index is 1.37. The van der Waals surface area contributed by atoms with E-state index < -0.39 is 0 Å². The molecule has 1 atom stereocenters. The molecule has 2 heterocycles. The summed E-state index contributed by atoms with van der Waals surface area (Å²) < 4.78 is 9.05. The minimum absolute atomic E-state index is 0.0885. The average molecular weight is 543 g/mol. The molecule has 0 bridgehead atoms. The van der Waals surface area contributed by atoms with Crippen LogP contribution in [0.3, 0.4) is 0 Å². The van der Waals surface area contributed by atoms with Crippen molar-refractivity contribution in [1.82, 2.24) is 0 Å². The van der Waals surface area contributed by atoms with Crippen LogP contribution in [0.5, 0.6) is 0 Å². The van der Waals surface area contributed by atoms with E-state index in [0.717, 1.165) is 48.9 Å². The van der Waals surface area contributed by atoms with E-state index in [1.165, 1.54) is 42.5 Å². The van der Waals surface area contributed by atoms with Crippen LogP contribution in [-0.4, -0.2) is 68.5 Å². The molecule has 1 spiro atoms. The van der Waals surface area contributed by atoms with Gasteiger partial charge in [-0.2, -0.15) is 0 Å². The molecular weight excluding hydrogens is 504 g/mol. The monoisotopic (exact) mass is 542 g/mol. The van der Waals surface area contributed by atoms with E-state index in [2.05, 4.69) is 51.2 Å². The molecular formula is C28H38N4O3S2. The quantitative estimate of drug-likeness (QED) is 0.223. The SMILES string of the molecule is CSc1ccc(NC(=O)c2ccc(NSCCO)cc2N2CCC3(CC2)CC3)cc1N1CCO[C@H](C)C1. The number of aliphatic hydroxyl groups is 1. The number of nitrogens with zero attached hydrogens (tertiary/aromatic N) is 2. The zero-order chi connectivity index (χ0) is 25.8. The van der Waals surface area contributed by atoms with Crippen LogP contribution in [0.2, 0.25) is 0 Å². The summed E-state index contributed by atoms with van der Waals surface area (Å²) >= 11 is 3.20. The van der Waals surface area contributed by atoms with E-state index in [1.54, 1.807) is 11.8 Å². The highest BCUT2D eigenvalue weighted by molar-refractivity contribution is 8.00. The maximum absolute atomic E-state index is 13.6. The van der Waals surface area contributed by atoms with E-state index in [9.17, 15) is 4.79 Å². The van der Waals surface area contributed by atoms with Gasteiger partial charge in [-0.05, 0) is 80.7 Å². The minimum Gasteiger partial charge on any atom is -0.395 e. The van der Waals surface area contributed by atoms with Crippen molar-refractivity contribution in [3.63, 3.8) is 0 Å². The number of rotatable bonds is 9. The topological polar surface area (TPSA) is 77.1 Å². The van der Waals surface area contributed by atoms with Gasteiger partial charge >= 0.3 is 0 Å². The van der Waals surface area contributed by atoms with Gasteiger partial charge in [0.25, 0.3) is 5.91 Å². The van der Waals surface area contributed by atoms with Gasteiger partial charge < -0.3 is 29.7 Å². The van der Waals surface area contributed by atoms with E-state index in [-0.39, 0.29) is 18.6 Å². The fourth-order valence-corrected chi connectivity index (χ4v) is 6.47. The summed E-state index contributed by atoms with van der Waals surface area (Å²) in [6.07, 6.45) is 7.37. The fourth-order valence-electron chi connectivity index (χ4n) is 5.38. The van der Waals surface area contributed by atoms with Crippen LogP contribution >= 0.6 is 23.7 Å². The second kappa shape index (κ2) is 11.8. The molecule has 5 rings (SSSR count). The van der Waals surface area contributed by atoms with Gasteiger partial charge in [-0.15, -0.1) is 11.8 Å². The molecule has 200 valence electrons. The molecule has 3 N–H and O–H groups in total. The van der Waals surface area contributed by atoms with E-state index in [4.69, 9.17) is 9.84 Å². The second-order valence-electron chi connectivity index (χ2n) is 10.4. The lowest BCUT2D eigenvalue weighted by atomic mass is 9.93. The first kappa shape index (κ1) is 26.5. The number of anilines is 4. The van der Waals surface area contributed by atoms with Gasteiger partial charge in [-0.1, -0.05) is 11.9 Å². The molecule has 0 radical (unpaired) electrons. The van der Waals surface area contributed by atoms with Crippen LogP contribution in [0.4, 0.5) is 22.7 Å². The van der Waals surface area contributed by atoms with Gasteiger partial charge in [0.1, 0.15) is 0 Å². The minimum atomic E-state index is -0.0885. The second-order valence-corrected chi connectivity index (χ2v) is 12.1. The molecule has 37 heavy (non-hydrogen) atoms. The van der Waals surface area contributed by atoms with Crippen molar-refractivity contribution in [3.8, 4) is 0 Å². The Morgan fingerprint density at radius 3 is 2.51 bits per heavy atom. The van der Waals surface area contributed by atoms with Crippen molar-refractivity contribution in [3.05, 3.63) is 42.0 Å². The van der Waals surface area contributed by atoms with E-state index >= 15 is 0 Å². The zero-order valence-corrected chi connectivity index (χ0v) is 23.4. The number of amides is 1. The van der Waals surface area contributed by atoms with Crippen molar-refractivity contribution in [2.24, 2.45) is 5.41 Å². The number of hydrogen-bond donors (Lipinski definition) is 3. The zero-order valence-electron chi connectivity index (χ0n) is 21.8. The maximum Gasteiger partial charge on any atom is 0.257 e. The van der Waals surface area contributed by atoms with E-state index in [0.29, 0.717) is 23.3 Å². The van der Waals surface area contributed by atoms with Gasteiger partial charge in [0.2, 0.25) is 0 Å². The predicted octanol–water partition coefficient (Wildman–Crippen LogP) is 5.32. The number of ether oxygens (including phenoxy) is 1. The third-order valence-electron chi connectivity index (χ3n) is 7.77. The molecule has 3 aliphatic rings. The molecule has 2 aromatic carbocycles. The van der Waals surface area contributed by atoms with Gasteiger partial charge in [0, 0.05) is 48.2 Å². The highest BCUT2D eigenvalue weighted by Gasteiger charge is 2.44. The standard InChI is InChI=1S/C28H38N4O3S2/c1-20-19-32(13-15-35-20)25-17-21(4-6-26(25)36-2)29-27(34)23-5-3-22(30-37-16-14-33)18-24(23)31-11-9-28(7-8-28)10-12-31/h3-6,17-18,20,30,33H,7-16,19H2,1-2H3,(H,29,34)/t20-/m1/s1. The van der Waals surface area contributed by atoms with Gasteiger partial charge in [-0.3, -0.25) is 4.79 Å². The summed E-state index contributed by atoms with van der Waals surface area (Å²) in [6, 6.07) is 12.2. The maximum atomic E-state index is 13.6. The third-order valence-corrected chi connectivity index (χ3v) is 9.32. The molecule has 9 heteroatoms. The van der Waals surface area contributed by atoms with Crippen molar-refractivity contribution in [2.75, 3.05) is 71.2 Å². The summed E-state index contributed by atoms with van der Waals surface area (Å²) in [5.41, 5.74) is 5.14. The molecule has 7 nitrogen and oxygen atoms in total. The highest BCUT2D eigenvalue weighted by Crippen LogP contribution is 2.54. The number of piperidine rings is 1. The molecule has 3 fully saturated rings. The number of benzene rings is 2. The lowest BCUT2D eigenvalue weighted by Gasteiger charge is -2.35. The van der Waals surface area contributed by atoms with Crippen LogP contribution in [0, 0.1) is 5.41 Å². The number of thioether (sulfide) groups is 1. The number of morpholine rings is 1. The van der Waals surface area contributed by atoms with Gasteiger partial charge in [-0.25, -0.2) is 0 Å². The van der Waals surface area contributed by atoms with Crippen molar-refractivity contribution >= 4 is 52.4 Å².